The van der Waals surface area contributed by atoms with Crippen LogP contribution in [0.5, 0.6) is 0 Å². The average molecular weight is 280 g/mol. The monoisotopic (exact) mass is 280 g/mol. The second kappa shape index (κ2) is 6.44. The lowest BCUT2D eigenvalue weighted by molar-refractivity contribution is -0.122. The van der Waals surface area contributed by atoms with E-state index >= 15 is 0 Å². The van der Waals surface area contributed by atoms with Gasteiger partial charge in [-0.25, -0.2) is 0 Å². The Labute approximate surface area is 125 Å². The summed E-state index contributed by atoms with van der Waals surface area (Å²) >= 11 is 0. The molecule has 0 spiro atoms. The van der Waals surface area contributed by atoms with Crippen molar-refractivity contribution in [2.24, 2.45) is 0 Å². The van der Waals surface area contributed by atoms with Gasteiger partial charge in [-0.2, -0.15) is 0 Å². The van der Waals surface area contributed by atoms with Crippen molar-refractivity contribution in [2.45, 2.75) is 25.4 Å². The first-order valence-electron chi connectivity index (χ1n) is 7.48. The molecule has 3 heteroatoms. The molecule has 3 rings (SSSR count). The Bertz CT molecular complexity index is 583. The summed E-state index contributed by atoms with van der Waals surface area (Å²) < 4.78 is 0. The minimum atomic E-state index is -0.0453. The van der Waals surface area contributed by atoms with Gasteiger partial charge >= 0.3 is 0 Å². The van der Waals surface area contributed by atoms with Gasteiger partial charge < -0.3 is 10.2 Å². The van der Waals surface area contributed by atoms with Crippen LogP contribution in [0.3, 0.4) is 0 Å². The number of hydrogen-bond donors (Lipinski definition) is 1. The summed E-state index contributed by atoms with van der Waals surface area (Å²) in [7, 11) is 0. The second-order valence-electron chi connectivity index (χ2n) is 5.39. The van der Waals surface area contributed by atoms with E-state index in [-0.39, 0.29) is 11.9 Å². The predicted molar refractivity (Wildman–Crippen MR) is 85.1 cm³/mol. The van der Waals surface area contributed by atoms with E-state index in [4.69, 9.17) is 0 Å². The molecule has 3 nitrogen and oxygen atoms in total. The summed E-state index contributed by atoms with van der Waals surface area (Å²) in [5, 5.41) is 3.06. The molecule has 21 heavy (non-hydrogen) atoms. The summed E-state index contributed by atoms with van der Waals surface area (Å²) in [6.07, 6.45) is 1.99. The number of para-hydroxylation sites is 1. The lowest BCUT2D eigenvalue weighted by atomic mass is 10.1. The van der Waals surface area contributed by atoms with Gasteiger partial charge in [0.1, 0.15) is 6.04 Å². The zero-order chi connectivity index (χ0) is 14.5. The molecule has 0 saturated carbocycles. The van der Waals surface area contributed by atoms with Gasteiger partial charge in [0.05, 0.1) is 0 Å². The van der Waals surface area contributed by atoms with Crippen LogP contribution < -0.4 is 10.2 Å². The van der Waals surface area contributed by atoms with Gasteiger partial charge in [0, 0.05) is 18.8 Å². The molecule has 1 N–H and O–H groups in total. The highest BCUT2D eigenvalue weighted by molar-refractivity contribution is 5.85. The molecule has 1 heterocycles. The first kappa shape index (κ1) is 13.7. The van der Waals surface area contributed by atoms with E-state index in [1.165, 1.54) is 0 Å². The van der Waals surface area contributed by atoms with Gasteiger partial charge in [0.25, 0.3) is 0 Å². The van der Waals surface area contributed by atoms with Crippen LogP contribution in [0.25, 0.3) is 0 Å². The highest BCUT2D eigenvalue weighted by atomic mass is 16.2. The van der Waals surface area contributed by atoms with Crippen LogP contribution in [-0.2, 0) is 11.3 Å². The molecule has 0 aliphatic carbocycles. The zero-order valence-electron chi connectivity index (χ0n) is 12.0. The molecule has 1 aliphatic heterocycles. The Kier molecular flexibility index (Phi) is 4.20. The molecule has 0 unspecified atom stereocenters. The molecule has 2 aromatic rings. The predicted octanol–water partition coefficient (Wildman–Crippen LogP) is 2.97. The first-order valence-corrected chi connectivity index (χ1v) is 7.48. The van der Waals surface area contributed by atoms with E-state index in [1.54, 1.807) is 0 Å². The fourth-order valence-corrected chi connectivity index (χ4v) is 2.87. The van der Waals surface area contributed by atoms with Gasteiger partial charge in [-0.1, -0.05) is 48.5 Å². The van der Waals surface area contributed by atoms with Crippen LogP contribution in [0.4, 0.5) is 5.69 Å². The largest absolute Gasteiger partial charge is 0.360 e. The van der Waals surface area contributed by atoms with Crippen molar-refractivity contribution in [2.75, 3.05) is 11.4 Å². The molecule has 0 radical (unpaired) electrons. The third-order valence-corrected chi connectivity index (χ3v) is 3.95. The number of carbonyl (C=O) groups is 1. The molecule has 1 amide bonds. The third kappa shape index (κ3) is 3.24. The molecule has 108 valence electrons. The van der Waals surface area contributed by atoms with E-state index in [9.17, 15) is 4.79 Å². The fraction of sp³-hybridized carbons (Fsp3) is 0.278. The lowest BCUT2D eigenvalue weighted by Crippen LogP contribution is -2.43. The highest BCUT2D eigenvalue weighted by Gasteiger charge is 2.30. The number of benzene rings is 2. The Morgan fingerprint density at radius 1 is 1.05 bits per heavy atom. The van der Waals surface area contributed by atoms with Crippen LogP contribution in [0, 0.1) is 0 Å². The maximum absolute atomic E-state index is 12.4. The minimum Gasteiger partial charge on any atom is -0.360 e. The van der Waals surface area contributed by atoms with Crippen molar-refractivity contribution < 1.29 is 4.79 Å². The smallest absolute Gasteiger partial charge is 0.242 e. The number of carbonyl (C=O) groups excluding carboxylic acids is 1. The molecule has 0 aromatic heterocycles. The van der Waals surface area contributed by atoms with Crippen LogP contribution in [0.1, 0.15) is 18.4 Å². The number of amides is 1. The minimum absolute atomic E-state index is 0.0453. The van der Waals surface area contributed by atoms with E-state index in [1.807, 2.05) is 48.5 Å². The maximum atomic E-state index is 12.4. The van der Waals surface area contributed by atoms with Crippen molar-refractivity contribution in [1.82, 2.24) is 5.32 Å². The molecule has 0 bridgehead atoms. The Balaban J connectivity index is 1.64. The summed E-state index contributed by atoms with van der Waals surface area (Å²) in [5.74, 6) is 0.125. The van der Waals surface area contributed by atoms with Gasteiger partial charge in [0.2, 0.25) is 5.91 Å². The van der Waals surface area contributed by atoms with E-state index in [0.29, 0.717) is 6.54 Å². The quantitative estimate of drug-likeness (QED) is 0.934. The number of hydrogen-bond acceptors (Lipinski definition) is 2. The molecule has 1 aliphatic rings. The Morgan fingerprint density at radius 2 is 1.71 bits per heavy atom. The van der Waals surface area contributed by atoms with E-state index in [0.717, 1.165) is 30.6 Å². The van der Waals surface area contributed by atoms with E-state index in [2.05, 4.69) is 22.3 Å². The number of nitrogens with one attached hydrogen (secondary N) is 1. The van der Waals surface area contributed by atoms with Crippen molar-refractivity contribution in [3.63, 3.8) is 0 Å². The first-order chi connectivity index (χ1) is 10.3. The molecule has 1 saturated heterocycles. The van der Waals surface area contributed by atoms with Gasteiger partial charge in [-0.15, -0.1) is 0 Å². The zero-order valence-corrected chi connectivity index (χ0v) is 12.0. The van der Waals surface area contributed by atoms with Crippen molar-refractivity contribution >= 4 is 11.6 Å². The summed E-state index contributed by atoms with van der Waals surface area (Å²) in [5.41, 5.74) is 2.27. The third-order valence-electron chi connectivity index (χ3n) is 3.95. The van der Waals surface area contributed by atoms with Crippen LogP contribution >= 0.6 is 0 Å². The van der Waals surface area contributed by atoms with Crippen LogP contribution in [0.2, 0.25) is 0 Å². The average Bonchev–Trinajstić information content (AvgIpc) is 3.04. The van der Waals surface area contributed by atoms with Crippen molar-refractivity contribution in [3.05, 3.63) is 66.2 Å². The molecular formula is C18H20N2O. The Morgan fingerprint density at radius 3 is 2.43 bits per heavy atom. The van der Waals surface area contributed by atoms with Crippen LogP contribution in [0.15, 0.2) is 60.7 Å². The lowest BCUT2D eigenvalue weighted by Gasteiger charge is -2.26. The van der Waals surface area contributed by atoms with Crippen molar-refractivity contribution in [3.8, 4) is 0 Å². The molecule has 1 fully saturated rings. The Hall–Kier alpha value is -2.29. The number of rotatable bonds is 4. The highest BCUT2D eigenvalue weighted by Crippen LogP contribution is 2.25. The van der Waals surface area contributed by atoms with Crippen LogP contribution in [-0.4, -0.2) is 18.5 Å². The standard InChI is InChI=1S/C18H20N2O/c21-18(19-14-15-8-3-1-4-9-15)17-12-7-13-20(17)16-10-5-2-6-11-16/h1-6,8-11,17H,7,12-14H2,(H,19,21)/t17-/m1/s1. The normalized spacial score (nSPS) is 17.7. The van der Waals surface area contributed by atoms with Gasteiger partial charge in [-0.05, 0) is 30.5 Å². The molecule has 2 aromatic carbocycles. The second-order valence-corrected chi connectivity index (χ2v) is 5.39. The molecule has 1 atom stereocenters. The summed E-state index contributed by atoms with van der Waals surface area (Å²) in [4.78, 5) is 14.7. The number of nitrogens with zero attached hydrogens (tertiary/aromatic N) is 1. The topological polar surface area (TPSA) is 32.3 Å². The molecular weight excluding hydrogens is 260 g/mol. The van der Waals surface area contributed by atoms with Gasteiger partial charge in [0.15, 0.2) is 0 Å². The number of anilines is 1. The summed E-state index contributed by atoms with van der Waals surface area (Å²) in [6, 6.07) is 20.2. The maximum Gasteiger partial charge on any atom is 0.242 e. The SMILES string of the molecule is O=C(NCc1ccccc1)[C@H]1CCCN1c1ccccc1. The van der Waals surface area contributed by atoms with Crippen molar-refractivity contribution in [1.29, 1.82) is 0 Å². The summed E-state index contributed by atoms with van der Waals surface area (Å²) in [6.45, 7) is 1.55. The van der Waals surface area contributed by atoms with Gasteiger partial charge in [-0.3, -0.25) is 4.79 Å². The van der Waals surface area contributed by atoms with E-state index < -0.39 is 0 Å². The fourth-order valence-electron chi connectivity index (χ4n) is 2.87.